The number of nitrogens with zero attached hydrogens (tertiary/aromatic N) is 2. The molecular formula is C13H15F3N4O2. The molecular weight excluding hydrogens is 301 g/mol. The maximum Gasteiger partial charge on any atom is 0.433 e. The smallest absolute Gasteiger partial charge is 0.350 e. The number of hydrogen-bond donors (Lipinski definition) is 2. The molecule has 1 fully saturated rings. The second-order valence-corrected chi connectivity index (χ2v) is 4.82. The van der Waals surface area contributed by atoms with Crippen LogP contribution in [0.4, 0.5) is 13.2 Å². The molecule has 1 aromatic rings. The monoisotopic (exact) mass is 316 g/mol. The minimum Gasteiger partial charge on any atom is -0.350 e. The van der Waals surface area contributed by atoms with Crippen LogP contribution in [0.2, 0.25) is 0 Å². The number of nitrogens with one attached hydrogen (secondary N) is 2. The first-order valence-corrected chi connectivity index (χ1v) is 6.63. The van der Waals surface area contributed by atoms with Crippen LogP contribution in [0.25, 0.3) is 0 Å². The van der Waals surface area contributed by atoms with E-state index in [1.165, 1.54) is 11.0 Å². The summed E-state index contributed by atoms with van der Waals surface area (Å²) in [6, 6.07) is 2.12. The third kappa shape index (κ3) is 4.42. The fraction of sp³-hybridized carbons (Fsp3) is 0.462. The van der Waals surface area contributed by atoms with Crippen LogP contribution >= 0.6 is 0 Å². The van der Waals surface area contributed by atoms with Gasteiger partial charge in [0.1, 0.15) is 5.69 Å². The van der Waals surface area contributed by atoms with Gasteiger partial charge in [-0.1, -0.05) is 6.07 Å². The molecule has 1 aliphatic rings. The highest BCUT2D eigenvalue weighted by Gasteiger charge is 2.32. The van der Waals surface area contributed by atoms with Crippen molar-refractivity contribution in [3.05, 3.63) is 29.6 Å². The first-order chi connectivity index (χ1) is 10.4. The first-order valence-electron chi connectivity index (χ1n) is 6.63. The number of carbonyl (C=O) groups is 2. The fourth-order valence-corrected chi connectivity index (χ4v) is 1.94. The topological polar surface area (TPSA) is 74.3 Å². The molecule has 0 unspecified atom stereocenters. The average Bonchev–Trinajstić information content (AvgIpc) is 2.47. The molecule has 22 heavy (non-hydrogen) atoms. The maximum absolute atomic E-state index is 12.4. The number of halogens is 3. The molecule has 2 amide bonds. The normalized spacial score (nSPS) is 15.8. The van der Waals surface area contributed by atoms with Crippen molar-refractivity contribution in [1.29, 1.82) is 0 Å². The van der Waals surface area contributed by atoms with Crippen molar-refractivity contribution >= 4 is 11.8 Å². The summed E-state index contributed by atoms with van der Waals surface area (Å²) in [5.74, 6) is -0.521. The zero-order chi connectivity index (χ0) is 16.2. The lowest BCUT2D eigenvalue weighted by atomic mass is 10.2. The van der Waals surface area contributed by atoms with E-state index in [-0.39, 0.29) is 31.4 Å². The number of pyridine rings is 1. The zero-order valence-corrected chi connectivity index (χ0v) is 11.6. The molecule has 1 aliphatic heterocycles. The summed E-state index contributed by atoms with van der Waals surface area (Å²) < 4.78 is 37.1. The number of piperazine rings is 1. The van der Waals surface area contributed by atoms with Gasteiger partial charge < -0.3 is 15.5 Å². The van der Waals surface area contributed by atoms with Crippen molar-refractivity contribution in [2.24, 2.45) is 0 Å². The summed E-state index contributed by atoms with van der Waals surface area (Å²) in [5.41, 5.74) is -0.526. The van der Waals surface area contributed by atoms with Crippen molar-refractivity contribution < 1.29 is 22.8 Å². The molecule has 0 aromatic carbocycles. The Bertz CT molecular complexity index is 545. The molecule has 0 spiro atoms. The van der Waals surface area contributed by atoms with E-state index in [0.717, 1.165) is 12.3 Å². The summed E-state index contributed by atoms with van der Waals surface area (Å²) in [5, 5.41) is 5.44. The molecule has 9 heteroatoms. The minimum absolute atomic E-state index is 0.0598. The largest absolute Gasteiger partial charge is 0.433 e. The van der Waals surface area contributed by atoms with Crippen molar-refractivity contribution in [3.8, 4) is 0 Å². The molecule has 2 rings (SSSR count). The van der Waals surface area contributed by atoms with E-state index in [1.807, 2.05) is 0 Å². The van der Waals surface area contributed by atoms with Gasteiger partial charge in [0.25, 0.3) is 0 Å². The summed E-state index contributed by atoms with van der Waals surface area (Å²) >= 11 is 0. The Morgan fingerprint density at radius 2 is 2.18 bits per heavy atom. The molecule has 0 radical (unpaired) electrons. The Balaban J connectivity index is 1.82. The Morgan fingerprint density at radius 3 is 2.77 bits per heavy atom. The summed E-state index contributed by atoms with van der Waals surface area (Å²) in [6.45, 7) is 1.28. The summed E-state index contributed by atoms with van der Waals surface area (Å²) in [4.78, 5) is 28.0. The Hall–Kier alpha value is -2.16. The Morgan fingerprint density at radius 1 is 1.41 bits per heavy atom. The lowest BCUT2D eigenvalue weighted by Crippen LogP contribution is -2.51. The quantitative estimate of drug-likeness (QED) is 0.829. The first kappa shape index (κ1) is 16.2. The summed E-state index contributed by atoms with van der Waals surface area (Å²) in [7, 11) is 0. The van der Waals surface area contributed by atoms with Gasteiger partial charge in [0, 0.05) is 25.8 Å². The molecule has 0 aliphatic carbocycles. The highest BCUT2D eigenvalue weighted by molar-refractivity contribution is 5.86. The van der Waals surface area contributed by atoms with Crippen molar-refractivity contribution in [1.82, 2.24) is 20.5 Å². The standard InChI is InChI=1S/C13H15F3N4O2/c14-13(15,16)10-2-1-9(5-18-10)6-19-11(21)8-20-4-3-17-7-12(20)22/h1-2,5,17H,3-4,6-8H2,(H,19,21). The highest BCUT2D eigenvalue weighted by atomic mass is 19.4. The minimum atomic E-state index is -4.48. The van der Waals surface area contributed by atoms with Crippen LogP contribution in [0.3, 0.4) is 0 Å². The number of hydrogen-bond acceptors (Lipinski definition) is 4. The third-order valence-corrected chi connectivity index (χ3v) is 3.13. The van der Waals surface area contributed by atoms with Gasteiger partial charge in [0.15, 0.2) is 0 Å². The van der Waals surface area contributed by atoms with Gasteiger partial charge in [0.05, 0.1) is 13.1 Å². The van der Waals surface area contributed by atoms with Crippen molar-refractivity contribution in [2.45, 2.75) is 12.7 Å². The van der Waals surface area contributed by atoms with E-state index >= 15 is 0 Å². The van der Waals surface area contributed by atoms with Gasteiger partial charge in [-0.3, -0.25) is 14.6 Å². The zero-order valence-electron chi connectivity index (χ0n) is 11.6. The number of amides is 2. The van der Waals surface area contributed by atoms with E-state index in [1.54, 1.807) is 0 Å². The predicted molar refractivity (Wildman–Crippen MR) is 70.5 cm³/mol. The lowest BCUT2D eigenvalue weighted by molar-refractivity contribution is -0.141. The Labute approximate surface area is 124 Å². The van der Waals surface area contributed by atoms with Gasteiger partial charge in [-0.05, 0) is 11.6 Å². The van der Waals surface area contributed by atoms with Gasteiger partial charge in [-0.15, -0.1) is 0 Å². The maximum atomic E-state index is 12.4. The molecule has 2 heterocycles. The van der Waals surface area contributed by atoms with Gasteiger partial charge in [-0.25, -0.2) is 0 Å². The van der Waals surface area contributed by atoms with E-state index in [0.29, 0.717) is 18.7 Å². The second kappa shape index (κ2) is 6.73. The number of carbonyl (C=O) groups excluding carboxylic acids is 2. The Kier molecular flexibility index (Phi) is 4.96. The molecule has 0 atom stereocenters. The van der Waals surface area contributed by atoms with Crippen LogP contribution in [0.1, 0.15) is 11.3 Å². The van der Waals surface area contributed by atoms with Crippen LogP contribution in [-0.4, -0.2) is 47.9 Å². The number of rotatable bonds is 4. The molecule has 120 valence electrons. The predicted octanol–water partition coefficient (Wildman–Crippen LogP) is 0.148. The molecule has 1 aromatic heterocycles. The van der Waals surface area contributed by atoms with Crippen molar-refractivity contribution in [2.75, 3.05) is 26.2 Å². The van der Waals surface area contributed by atoms with E-state index in [4.69, 9.17) is 0 Å². The molecule has 2 N–H and O–H groups in total. The van der Waals surface area contributed by atoms with Crippen LogP contribution in [-0.2, 0) is 22.3 Å². The fourth-order valence-electron chi connectivity index (χ4n) is 1.94. The highest BCUT2D eigenvalue weighted by Crippen LogP contribution is 2.27. The molecule has 0 saturated carbocycles. The number of aromatic nitrogens is 1. The van der Waals surface area contributed by atoms with Crippen LogP contribution < -0.4 is 10.6 Å². The van der Waals surface area contributed by atoms with Crippen molar-refractivity contribution in [3.63, 3.8) is 0 Å². The van der Waals surface area contributed by atoms with Gasteiger partial charge >= 0.3 is 6.18 Å². The SMILES string of the molecule is O=C(CN1CCNCC1=O)NCc1ccc(C(F)(F)F)nc1. The van der Waals surface area contributed by atoms with Crippen LogP contribution in [0, 0.1) is 0 Å². The summed E-state index contributed by atoms with van der Waals surface area (Å²) in [6.07, 6.45) is -3.41. The molecule has 0 bridgehead atoms. The molecule has 1 saturated heterocycles. The molecule has 6 nitrogen and oxygen atoms in total. The average molecular weight is 316 g/mol. The van der Waals surface area contributed by atoms with Crippen LogP contribution in [0.15, 0.2) is 18.3 Å². The van der Waals surface area contributed by atoms with Crippen LogP contribution in [0.5, 0.6) is 0 Å². The van der Waals surface area contributed by atoms with Gasteiger partial charge in [0.2, 0.25) is 11.8 Å². The third-order valence-electron chi connectivity index (χ3n) is 3.13. The van der Waals surface area contributed by atoms with E-state index < -0.39 is 11.9 Å². The lowest BCUT2D eigenvalue weighted by Gasteiger charge is -2.26. The van der Waals surface area contributed by atoms with Gasteiger partial charge in [-0.2, -0.15) is 13.2 Å². The number of alkyl halides is 3. The van der Waals surface area contributed by atoms with E-state index in [9.17, 15) is 22.8 Å². The van der Waals surface area contributed by atoms with E-state index in [2.05, 4.69) is 15.6 Å². The second-order valence-electron chi connectivity index (χ2n) is 4.82.